The first-order valence-electron chi connectivity index (χ1n) is 5.43. The van der Waals surface area contributed by atoms with Crippen LogP contribution >= 0.6 is 0 Å². The van der Waals surface area contributed by atoms with Gasteiger partial charge < -0.3 is 0 Å². The molecule has 0 aliphatic carbocycles. The van der Waals surface area contributed by atoms with Crippen LogP contribution in [0.4, 0.5) is 0 Å². The predicted octanol–water partition coefficient (Wildman–Crippen LogP) is 2.66. The number of carboxylic acid groups (broad SMARTS) is 1. The van der Waals surface area contributed by atoms with Crippen molar-refractivity contribution in [2.75, 3.05) is 0 Å². The van der Waals surface area contributed by atoms with E-state index in [2.05, 4.69) is 4.98 Å². The van der Waals surface area contributed by atoms with Crippen LogP contribution in [0.15, 0.2) is 48.7 Å². The van der Waals surface area contributed by atoms with E-state index in [1.54, 1.807) is 0 Å². The molecule has 3 nitrogen and oxygen atoms in total. The molecule has 1 N–H and O–H groups in total. The molecule has 0 fully saturated rings. The summed E-state index contributed by atoms with van der Waals surface area (Å²) >= 11 is -0.212. The third-order valence-corrected chi connectivity index (χ3v) is 4.87. The molecule has 0 saturated carbocycles. The van der Waals surface area contributed by atoms with Crippen LogP contribution < -0.4 is 0 Å². The molecule has 0 spiro atoms. The molecule has 0 radical (unpaired) electrons. The van der Waals surface area contributed by atoms with Crippen LogP contribution in [-0.4, -0.2) is 30.6 Å². The number of benzene rings is 2. The zero-order chi connectivity index (χ0) is 12.5. The molecule has 18 heavy (non-hydrogen) atoms. The Labute approximate surface area is 109 Å². The van der Waals surface area contributed by atoms with Gasteiger partial charge in [-0.1, -0.05) is 0 Å². The molecule has 0 aliphatic heterocycles. The summed E-state index contributed by atoms with van der Waals surface area (Å²) < 4.78 is 1.29. The first-order chi connectivity index (χ1) is 8.75. The Hall–Kier alpha value is -1.90. The van der Waals surface area contributed by atoms with Crippen LogP contribution in [0.3, 0.4) is 0 Å². The zero-order valence-corrected chi connectivity index (χ0v) is 11.0. The van der Waals surface area contributed by atoms with Gasteiger partial charge in [0.25, 0.3) is 0 Å². The molecule has 0 bridgehead atoms. The van der Waals surface area contributed by atoms with Gasteiger partial charge >= 0.3 is 109 Å². The van der Waals surface area contributed by atoms with E-state index < -0.39 is 5.97 Å². The summed E-state index contributed by atoms with van der Waals surface area (Å²) in [7, 11) is 0. The van der Waals surface area contributed by atoms with Crippen LogP contribution in [-0.2, 0) is 0 Å². The number of hydrogen-bond acceptors (Lipinski definition) is 2. The van der Waals surface area contributed by atoms with Gasteiger partial charge in [-0.15, -0.1) is 0 Å². The molecule has 1 aromatic heterocycles. The standard InChI is InChI=1S/C14H9NO2Se/c16-14(17)12-8-15-13(18-12)11-7-3-5-9-4-1-2-6-10(9)11/h1-8H,(H,16,17). The third-order valence-electron chi connectivity index (χ3n) is 2.74. The van der Waals surface area contributed by atoms with E-state index in [0.29, 0.717) is 4.44 Å². The van der Waals surface area contributed by atoms with Crippen molar-refractivity contribution in [3.8, 4) is 10.1 Å². The van der Waals surface area contributed by atoms with Gasteiger partial charge in [0, 0.05) is 0 Å². The number of carboxylic acids is 1. The van der Waals surface area contributed by atoms with Crippen LogP contribution in [0.5, 0.6) is 0 Å². The predicted molar refractivity (Wildman–Crippen MR) is 71.1 cm³/mol. The molecule has 0 atom stereocenters. The van der Waals surface area contributed by atoms with Crippen molar-refractivity contribution in [1.29, 1.82) is 0 Å². The van der Waals surface area contributed by atoms with Gasteiger partial charge in [0.15, 0.2) is 0 Å². The molecular weight excluding hydrogens is 293 g/mol. The van der Waals surface area contributed by atoms with Gasteiger partial charge in [-0.05, 0) is 0 Å². The minimum absolute atomic E-state index is 0.212. The van der Waals surface area contributed by atoms with Crippen molar-refractivity contribution in [2.45, 2.75) is 0 Å². The van der Waals surface area contributed by atoms with E-state index in [1.807, 2.05) is 42.5 Å². The van der Waals surface area contributed by atoms with Crippen molar-refractivity contribution in [3.63, 3.8) is 0 Å². The number of fused-ring (bicyclic) bond motifs is 1. The second-order valence-electron chi connectivity index (χ2n) is 3.86. The van der Waals surface area contributed by atoms with E-state index in [4.69, 9.17) is 5.11 Å². The number of rotatable bonds is 2. The summed E-state index contributed by atoms with van der Waals surface area (Å²) in [5, 5.41) is 11.2. The van der Waals surface area contributed by atoms with E-state index in [1.165, 1.54) is 6.20 Å². The Morgan fingerprint density at radius 2 is 1.89 bits per heavy atom. The van der Waals surface area contributed by atoms with Crippen molar-refractivity contribution in [3.05, 3.63) is 53.1 Å². The number of aromatic carboxylic acids is 1. The van der Waals surface area contributed by atoms with Crippen molar-refractivity contribution in [1.82, 2.24) is 4.98 Å². The number of carbonyl (C=O) groups is 1. The van der Waals surface area contributed by atoms with Crippen molar-refractivity contribution in [2.24, 2.45) is 0 Å². The van der Waals surface area contributed by atoms with E-state index in [-0.39, 0.29) is 14.5 Å². The van der Waals surface area contributed by atoms with Gasteiger partial charge in [0.2, 0.25) is 0 Å². The fraction of sp³-hybridized carbons (Fsp3) is 0. The second-order valence-corrected chi connectivity index (χ2v) is 6.02. The van der Waals surface area contributed by atoms with Crippen LogP contribution in [0.25, 0.3) is 20.9 Å². The second kappa shape index (κ2) is 4.41. The van der Waals surface area contributed by atoms with E-state index in [9.17, 15) is 4.79 Å². The first kappa shape index (κ1) is 11.2. The molecule has 3 rings (SSSR count). The van der Waals surface area contributed by atoms with Gasteiger partial charge in [-0.25, -0.2) is 0 Å². The zero-order valence-electron chi connectivity index (χ0n) is 9.33. The molecular formula is C14H9NO2Se. The Kier molecular flexibility index (Phi) is 2.74. The topological polar surface area (TPSA) is 50.2 Å². The average Bonchev–Trinajstić information content (AvgIpc) is 2.87. The minimum atomic E-state index is -0.867. The summed E-state index contributed by atoms with van der Waals surface area (Å²) in [5.41, 5.74) is 1.04. The van der Waals surface area contributed by atoms with Gasteiger partial charge in [0.05, 0.1) is 0 Å². The Balaban J connectivity index is 2.21. The number of aromatic nitrogens is 1. The molecule has 88 valence electrons. The summed E-state index contributed by atoms with van der Waals surface area (Å²) in [6.45, 7) is 0. The summed E-state index contributed by atoms with van der Waals surface area (Å²) in [5.74, 6) is -0.867. The molecule has 0 saturated heterocycles. The normalized spacial score (nSPS) is 10.7. The molecule has 4 heteroatoms. The summed E-state index contributed by atoms with van der Waals surface area (Å²) in [6.07, 6.45) is 1.47. The van der Waals surface area contributed by atoms with Crippen LogP contribution in [0.2, 0.25) is 0 Å². The molecule has 3 aromatic rings. The molecule has 1 heterocycles. The van der Waals surface area contributed by atoms with Gasteiger partial charge in [0.1, 0.15) is 0 Å². The molecule has 0 amide bonds. The molecule has 0 aliphatic rings. The third kappa shape index (κ3) is 1.86. The Morgan fingerprint density at radius 1 is 1.11 bits per heavy atom. The van der Waals surface area contributed by atoms with Crippen molar-refractivity contribution >= 4 is 31.2 Å². The average molecular weight is 302 g/mol. The maximum absolute atomic E-state index is 10.9. The fourth-order valence-electron chi connectivity index (χ4n) is 1.91. The monoisotopic (exact) mass is 303 g/mol. The number of nitrogens with zero attached hydrogens (tertiary/aromatic N) is 1. The van der Waals surface area contributed by atoms with Gasteiger partial charge in [-0.2, -0.15) is 0 Å². The SMILES string of the molecule is O=C(O)c1cnc(-c2cccc3ccccc23)[se]1. The molecule has 0 unspecified atom stereocenters. The van der Waals surface area contributed by atoms with E-state index in [0.717, 1.165) is 20.9 Å². The van der Waals surface area contributed by atoms with E-state index >= 15 is 0 Å². The molecule has 2 aromatic carbocycles. The fourth-order valence-corrected chi connectivity index (χ4v) is 3.58. The van der Waals surface area contributed by atoms with Gasteiger partial charge in [-0.3, -0.25) is 0 Å². The summed E-state index contributed by atoms with van der Waals surface area (Å²) in [6, 6.07) is 14.1. The Morgan fingerprint density at radius 3 is 2.67 bits per heavy atom. The first-order valence-corrected chi connectivity index (χ1v) is 7.14. The van der Waals surface area contributed by atoms with Crippen LogP contribution in [0.1, 0.15) is 9.23 Å². The Bertz CT molecular complexity index is 728. The number of hydrogen-bond donors (Lipinski definition) is 1. The maximum atomic E-state index is 10.9. The quantitative estimate of drug-likeness (QED) is 0.740. The summed E-state index contributed by atoms with van der Waals surface area (Å²) in [4.78, 5) is 15.2. The van der Waals surface area contributed by atoms with Crippen molar-refractivity contribution < 1.29 is 9.90 Å². The van der Waals surface area contributed by atoms with Crippen LogP contribution in [0, 0.1) is 0 Å².